The third kappa shape index (κ3) is 6.61. The molecule has 2 fully saturated rings. The van der Waals surface area contributed by atoms with E-state index in [2.05, 4.69) is 34.9 Å². The fraction of sp³-hybridized carbons (Fsp3) is 0.500. The van der Waals surface area contributed by atoms with E-state index < -0.39 is 0 Å². The van der Waals surface area contributed by atoms with Crippen LogP contribution in [0.2, 0.25) is 5.02 Å². The van der Waals surface area contributed by atoms with Gasteiger partial charge in [0.1, 0.15) is 0 Å². The molecule has 6 heteroatoms. The van der Waals surface area contributed by atoms with Gasteiger partial charge in [-0.1, -0.05) is 73.3 Å². The van der Waals surface area contributed by atoms with Crippen molar-refractivity contribution in [1.82, 2.24) is 15.5 Å². The summed E-state index contributed by atoms with van der Waals surface area (Å²) in [4.78, 5) is 28.0. The van der Waals surface area contributed by atoms with Crippen LogP contribution >= 0.6 is 11.6 Å². The van der Waals surface area contributed by atoms with E-state index in [4.69, 9.17) is 11.6 Å². The van der Waals surface area contributed by atoms with Crippen LogP contribution in [0.25, 0.3) is 0 Å². The standard InChI is InChI=1S/C28H36ClN3O2/c29-23-14-12-22(13-15-23)28(21-8-3-1-4-9-21)25-20-30-18-7-19-32(25)27(34)17-16-26(33)31-24-10-5-2-6-11-24/h1,3-4,8-9,12-15,24-25,28,30H,2,5-7,10-11,16-20H2,(H,31,33). The average Bonchev–Trinajstić information content (AvgIpc) is 3.11. The maximum atomic E-state index is 13.5. The van der Waals surface area contributed by atoms with Gasteiger partial charge in [0.2, 0.25) is 11.8 Å². The van der Waals surface area contributed by atoms with E-state index in [1.54, 1.807) is 0 Å². The van der Waals surface area contributed by atoms with Crippen molar-refractivity contribution in [2.24, 2.45) is 0 Å². The van der Waals surface area contributed by atoms with E-state index in [1.165, 1.54) is 24.8 Å². The van der Waals surface area contributed by atoms with Crippen LogP contribution in [-0.2, 0) is 9.59 Å². The highest BCUT2D eigenvalue weighted by atomic mass is 35.5. The lowest BCUT2D eigenvalue weighted by atomic mass is 9.84. The number of carbonyl (C=O) groups excluding carboxylic acids is 2. The van der Waals surface area contributed by atoms with Crippen LogP contribution in [-0.4, -0.2) is 48.4 Å². The molecular weight excluding hydrogens is 446 g/mol. The van der Waals surface area contributed by atoms with Gasteiger partial charge in [0.25, 0.3) is 0 Å². The lowest BCUT2D eigenvalue weighted by molar-refractivity contribution is -0.135. The minimum absolute atomic E-state index is 0.00191. The molecule has 2 aliphatic rings. The predicted molar refractivity (Wildman–Crippen MR) is 137 cm³/mol. The number of carbonyl (C=O) groups is 2. The molecule has 0 bridgehead atoms. The van der Waals surface area contributed by atoms with Crippen molar-refractivity contribution in [2.75, 3.05) is 19.6 Å². The Morgan fingerprint density at radius 2 is 1.65 bits per heavy atom. The molecule has 34 heavy (non-hydrogen) atoms. The third-order valence-corrected chi connectivity index (χ3v) is 7.39. The van der Waals surface area contributed by atoms with Gasteiger partial charge in [-0.2, -0.15) is 0 Å². The Kier molecular flexibility index (Phi) is 9.00. The van der Waals surface area contributed by atoms with Crippen molar-refractivity contribution in [3.05, 3.63) is 70.7 Å². The topological polar surface area (TPSA) is 61.4 Å². The zero-order chi connectivity index (χ0) is 23.8. The molecule has 1 heterocycles. The van der Waals surface area contributed by atoms with Crippen molar-refractivity contribution >= 4 is 23.4 Å². The summed E-state index contributed by atoms with van der Waals surface area (Å²) in [6.07, 6.45) is 7.12. The molecule has 2 amide bonds. The minimum atomic E-state index is -0.0417. The van der Waals surface area contributed by atoms with E-state index >= 15 is 0 Å². The van der Waals surface area contributed by atoms with Gasteiger partial charge in [0.15, 0.2) is 0 Å². The fourth-order valence-electron chi connectivity index (χ4n) is 5.39. The van der Waals surface area contributed by atoms with Crippen molar-refractivity contribution in [2.45, 2.75) is 69.4 Å². The number of hydrogen-bond acceptors (Lipinski definition) is 3. The quantitative estimate of drug-likeness (QED) is 0.591. The third-order valence-electron chi connectivity index (χ3n) is 7.14. The highest BCUT2D eigenvalue weighted by molar-refractivity contribution is 6.30. The second kappa shape index (κ2) is 12.4. The summed E-state index contributed by atoms with van der Waals surface area (Å²) in [5.74, 6) is 0.0773. The summed E-state index contributed by atoms with van der Waals surface area (Å²) in [6, 6.07) is 18.6. The van der Waals surface area contributed by atoms with Gasteiger partial charge in [-0.15, -0.1) is 0 Å². The summed E-state index contributed by atoms with van der Waals surface area (Å²) >= 11 is 6.18. The van der Waals surface area contributed by atoms with E-state index in [0.29, 0.717) is 18.1 Å². The van der Waals surface area contributed by atoms with Gasteiger partial charge >= 0.3 is 0 Å². The zero-order valence-corrected chi connectivity index (χ0v) is 20.6. The first-order valence-corrected chi connectivity index (χ1v) is 13.1. The van der Waals surface area contributed by atoms with Crippen LogP contribution in [0.15, 0.2) is 54.6 Å². The highest BCUT2D eigenvalue weighted by Gasteiger charge is 2.34. The number of benzene rings is 2. The van der Waals surface area contributed by atoms with Crippen LogP contribution in [0, 0.1) is 0 Å². The van der Waals surface area contributed by atoms with Crippen LogP contribution in [0.5, 0.6) is 0 Å². The van der Waals surface area contributed by atoms with E-state index in [1.807, 2.05) is 35.2 Å². The normalized spacial score (nSPS) is 20.4. The van der Waals surface area contributed by atoms with Crippen LogP contribution in [0.3, 0.4) is 0 Å². The van der Waals surface area contributed by atoms with Crippen LogP contribution < -0.4 is 10.6 Å². The summed E-state index contributed by atoms with van der Waals surface area (Å²) in [6.45, 7) is 2.28. The van der Waals surface area contributed by atoms with Crippen LogP contribution in [0.4, 0.5) is 0 Å². The first-order chi connectivity index (χ1) is 16.6. The highest BCUT2D eigenvalue weighted by Crippen LogP contribution is 2.33. The molecule has 2 aromatic rings. The second-order valence-electron chi connectivity index (χ2n) is 9.55. The molecule has 1 aliphatic carbocycles. The van der Waals surface area contributed by atoms with Crippen LogP contribution in [0.1, 0.15) is 68.4 Å². The first kappa shape index (κ1) is 24.7. The summed E-state index contributed by atoms with van der Waals surface area (Å²) < 4.78 is 0. The molecule has 4 rings (SSSR count). The van der Waals surface area contributed by atoms with Crippen molar-refractivity contribution < 1.29 is 9.59 Å². The lowest BCUT2D eigenvalue weighted by Gasteiger charge is -2.36. The van der Waals surface area contributed by atoms with Crippen molar-refractivity contribution in [3.8, 4) is 0 Å². The molecule has 0 spiro atoms. The monoisotopic (exact) mass is 481 g/mol. The van der Waals surface area contributed by atoms with Gasteiger partial charge in [0.05, 0.1) is 6.04 Å². The average molecular weight is 482 g/mol. The van der Waals surface area contributed by atoms with E-state index in [9.17, 15) is 9.59 Å². The molecule has 2 aromatic carbocycles. The van der Waals surface area contributed by atoms with Gasteiger partial charge in [0, 0.05) is 42.9 Å². The molecule has 2 N–H and O–H groups in total. The Morgan fingerprint density at radius 3 is 2.38 bits per heavy atom. The summed E-state index contributed by atoms with van der Waals surface area (Å²) in [7, 11) is 0. The van der Waals surface area contributed by atoms with Gasteiger partial charge < -0.3 is 15.5 Å². The molecule has 2 atom stereocenters. The Morgan fingerprint density at radius 1 is 0.941 bits per heavy atom. The van der Waals surface area contributed by atoms with E-state index in [0.717, 1.165) is 31.4 Å². The second-order valence-corrected chi connectivity index (χ2v) is 9.99. The first-order valence-electron chi connectivity index (χ1n) is 12.7. The number of nitrogens with one attached hydrogen (secondary N) is 2. The molecule has 1 saturated carbocycles. The number of rotatable bonds is 7. The Balaban J connectivity index is 1.50. The van der Waals surface area contributed by atoms with Gasteiger partial charge in [-0.25, -0.2) is 0 Å². The number of halogens is 1. The number of hydrogen-bond donors (Lipinski definition) is 2. The van der Waals surface area contributed by atoms with Gasteiger partial charge in [-0.3, -0.25) is 9.59 Å². The number of nitrogens with zero attached hydrogens (tertiary/aromatic N) is 1. The lowest BCUT2D eigenvalue weighted by Crippen LogP contribution is -2.47. The smallest absolute Gasteiger partial charge is 0.223 e. The molecule has 1 saturated heterocycles. The fourth-order valence-corrected chi connectivity index (χ4v) is 5.51. The van der Waals surface area contributed by atoms with Crippen molar-refractivity contribution in [1.29, 1.82) is 0 Å². The maximum Gasteiger partial charge on any atom is 0.223 e. The Labute approximate surface area is 208 Å². The Bertz CT molecular complexity index is 928. The summed E-state index contributed by atoms with van der Waals surface area (Å²) in [5, 5.41) is 7.38. The van der Waals surface area contributed by atoms with E-state index in [-0.39, 0.29) is 42.7 Å². The molecule has 5 nitrogen and oxygen atoms in total. The maximum absolute atomic E-state index is 13.5. The molecule has 0 aromatic heterocycles. The summed E-state index contributed by atoms with van der Waals surface area (Å²) in [5.41, 5.74) is 2.31. The van der Waals surface area contributed by atoms with Gasteiger partial charge in [-0.05, 0) is 49.1 Å². The SMILES string of the molecule is O=C(CCC(=O)N1CCCNCC1C(c1ccccc1)c1ccc(Cl)cc1)NC1CCCCC1. The molecular formula is C28H36ClN3O2. The zero-order valence-electron chi connectivity index (χ0n) is 19.8. The molecule has 2 unspecified atom stereocenters. The molecule has 182 valence electrons. The minimum Gasteiger partial charge on any atom is -0.353 e. The number of amides is 2. The van der Waals surface area contributed by atoms with Crippen molar-refractivity contribution in [3.63, 3.8) is 0 Å². The predicted octanol–water partition coefficient (Wildman–Crippen LogP) is 4.89. The Hall–Kier alpha value is -2.37. The largest absolute Gasteiger partial charge is 0.353 e. The molecule has 1 aliphatic heterocycles. The molecule has 0 radical (unpaired) electrons.